The standard InChI is InChI=1S/C33H48N4O/c1-10-25(7)26(8)17-24(6)18-29(19-28(11-2)23(4)5)31-20-33(38)37-22-30(13-14-32(37)34-31)36-16-15-35(12-3)27(9)21-36/h13-14,17-20,22,24-25,27H,4,10-12,15-16,21H2,1-3,5-9H3/b26-17-,28-19-,29-18+/t24?,25?,27-/m1/s1. The molecule has 3 heterocycles. The summed E-state index contributed by atoms with van der Waals surface area (Å²) in [4.78, 5) is 23.2. The van der Waals surface area contributed by atoms with Crippen molar-refractivity contribution in [2.75, 3.05) is 31.1 Å². The van der Waals surface area contributed by atoms with Gasteiger partial charge in [0.2, 0.25) is 0 Å². The largest absolute Gasteiger partial charge is 0.367 e. The van der Waals surface area contributed by atoms with Gasteiger partial charge in [-0.25, -0.2) is 4.98 Å². The average molecular weight is 517 g/mol. The van der Waals surface area contributed by atoms with E-state index in [2.05, 4.69) is 89.1 Å². The average Bonchev–Trinajstić information content (AvgIpc) is 2.89. The van der Waals surface area contributed by atoms with Crippen LogP contribution in [0.1, 0.15) is 73.9 Å². The Morgan fingerprint density at radius 3 is 2.50 bits per heavy atom. The first-order chi connectivity index (χ1) is 18.1. The lowest BCUT2D eigenvalue weighted by atomic mass is 9.94. The number of hydrogen-bond donors (Lipinski definition) is 0. The van der Waals surface area contributed by atoms with Gasteiger partial charge in [-0.1, -0.05) is 64.5 Å². The number of piperazine rings is 1. The van der Waals surface area contributed by atoms with Gasteiger partial charge in [-0.2, -0.15) is 0 Å². The normalized spacial score (nSPS) is 19.6. The third-order valence-corrected chi connectivity index (χ3v) is 8.09. The summed E-state index contributed by atoms with van der Waals surface area (Å²) in [5.41, 5.74) is 6.97. The molecule has 0 radical (unpaired) electrons. The van der Waals surface area contributed by atoms with Crippen LogP contribution in [0.4, 0.5) is 5.69 Å². The number of pyridine rings is 1. The van der Waals surface area contributed by atoms with Crippen molar-refractivity contribution in [3.8, 4) is 0 Å². The van der Waals surface area contributed by atoms with Crippen molar-refractivity contribution in [1.82, 2.24) is 14.3 Å². The van der Waals surface area contributed by atoms with Crippen molar-refractivity contribution in [3.63, 3.8) is 0 Å². The zero-order valence-corrected chi connectivity index (χ0v) is 24.9. The highest BCUT2D eigenvalue weighted by Gasteiger charge is 2.23. The molecule has 1 fully saturated rings. The Hall–Kier alpha value is -2.92. The van der Waals surface area contributed by atoms with Crippen LogP contribution in [0.15, 0.2) is 70.7 Å². The molecule has 3 atom stereocenters. The molecule has 38 heavy (non-hydrogen) atoms. The summed E-state index contributed by atoms with van der Waals surface area (Å²) in [6, 6.07) is 6.25. The molecule has 0 aliphatic carbocycles. The SMILES string of the molecule is C=C(C)/C(=C\C(=C/C(C)/C=C(/C)C(C)CC)c1cc(=O)n2cc(N3CCN(CC)[C@H](C)C3)ccc2n1)CC. The number of aromatic nitrogens is 2. The minimum absolute atomic E-state index is 0.0567. The molecule has 1 aliphatic heterocycles. The molecule has 0 spiro atoms. The summed E-state index contributed by atoms with van der Waals surface area (Å²) in [5.74, 6) is 0.766. The van der Waals surface area contributed by atoms with Crippen LogP contribution in [0.2, 0.25) is 0 Å². The molecule has 1 saturated heterocycles. The fourth-order valence-corrected chi connectivity index (χ4v) is 5.28. The molecule has 0 amide bonds. The number of rotatable bonds is 10. The van der Waals surface area contributed by atoms with Gasteiger partial charge in [0.25, 0.3) is 5.56 Å². The Morgan fingerprint density at radius 1 is 1.16 bits per heavy atom. The van der Waals surface area contributed by atoms with Gasteiger partial charge in [-0.15, -0.1) is 0 Å². The quantitative estimate of drug-likeness (QED) is 0.248. The third kappa shape index (κ3) is 7.13. The Bertz CT molecular complexity index is 1280. The third-order valence-electron chi connectivity index (χ3n) is 8.09. The van der Waals surface area contributed by atoms with Crippen LogP contribution in [0.3, 0.4) is 0 Å². The molecule has 206 valence electrons. The van der Waals surface area contributed by atoms with Gasteiger partial charge in [0.15, 0.2) is 0 Å². The molecule has 2 unspecified atom stereocenters. The number of nitrogens with zero attached hydrogens (tertiary/aromatic N) is 4. The van der Waals surface area contributed by atoms with E-state index >= 15 is 0 Å². The number of likely N-dealkylation sites (N-methyl/N-ethyl adjacent to an activating group) is 1. The van der Waals surface area contributed by atoms with E-state index < -0.39 is 0 Å². The molecule has 5 nitrogen and oxygen atoms in total. The molecule has 3 rings (SSSR count). The van der Waals surface area contributed by atoms with Crippen molar-refractivity contribution in [2.24, 2.45) is 11.8 Å². The predicted molar refractivity (Wildman–Crippen MR) is 164 cm³/mol. The monoisotopic (exact) mass is 516 g/mol. The summed E-state index contributed by atoms with van der Waals surface area (Å²) >= 11 is 0. The Labute approximate surface area is 230 Å². The van der Waals surface area contributed by atoms with Crippen molar-refractivity contribution < 1.29 is 0 Å². The summed E-state index contributed by atoms with van der Waals surface area (Å²) in [6.07, 6.45) is 10.7. The van der Waals surface area contributed by atoms with Crippen molar-refractivity contribution in [3.05, 3.63) is 82.0 Å². The first-order valence-corrected chi connectivity index (χ1v) is 14.4. The predicted octanol–water partition coefficient (Wildman–Crippen LogP) is 7.15. The first kappa shape index (κ1) is 29.6. The fraction of sp³-hybridized carbons (Fsp3) is 0.515. The smallest absolute Gasteiger partial charge is 0.258 e. The van der Waals surface area contributed by atoms with E-state index in [1.54, 1.807) is 10.5 Å². The molecule has 0 N–H and O–H groups in total. The van der Waals surface area contributed by atoms with Crippen LogP contribution in [0.25, 0.3) is 11.2 Å². The van der Waals surface area contributed by atoms with Gasteiger partial charge >= 0.3 is 0 Å². The van der Waals surface area contributed by atoms with Crippen molar-refractivity contribution >= 4 is 16.9 Å². The molecular formula is C33H48N4O. The summed E-state index contributed by atoms with van der Waals surface area (Å²) in [5, 5.41) is 0. The van der Waals surface area contributed by atoms with Crippen molar-refractivity contribution in [1.29, 1.82) is 0 Å². The highest BCUT2D eigenvalue weighted by Crippen LogP contribution is 2.25. The van der Waals surface area contributed by atoms with Crippen LogP contribution in [0, 0.1) is 11.8 Å². The maximum atomic E-state index is 13.4. The number of fused-ring (bicyclic) bond motifs is 1. The molecule has 5 heteroatoms. The number of anilines is 1. The van der Waals surface area contributed by atoms with E-state index in [9.17, 15) is 4.79 Å². The maximum Gasteiger partial charge on any atom is 0.258 e. The second-order valence-electron chi connectivity index (χ2n) is 11.0. The topological polar surface area (TPSA) is 40.9 Å². The van der Waals surface area contributed by atoms with E-state index in [1.165, 1.54) is 11.1 Å². The van der Waals surface area contributed by atoms with Gasteiger partial charge in [-0.3, -0.25) is 14.1 Å². The van der Waals surface area contributed by atoms with Crippen LogP contribution in [-0.4, -0.2) is 46.5 Å². The van der Waals surface area contributed by atoms with Crippen molar-refractivity contribution in [2.45, 2.75) is 74.3 Å². The minimum Gasteiger partial charge on any atom is -0.367 e. The Balaban J connectivity index is 2.04. The zero-order valence-electron chi connectivity index (χ0n) is 24.9. The van der Waals surface area contributed by atoms with Gasteiger partial charge in [0, 0.05) is 37.9 Å². The molecular weight excluding hydrogens is 468 g/mol. The van der Waals surface area contributed by atoms with Crippen LogP contribution in [0.5, 0.6) is 0 Å². The lowest BCUT2D eigenvalue weighted by Crippen LogP contribution is -2.51. The minimum atomic E-state index is -0.0567. The highest BCUT2D eigenvalue weighted by molar-refractivity contribution is 5.74. The Morgan fingerprint density at radius 2 is 1.89 bits per heavy atom. The van der Waals surface area contributed by atoms with E-state index in [0.717, 1.165) is 55.9 Å². The fourth-order valence-electron chi connectivity index (χ4n) is 5.28. The molecule has 2 aromatic rings. The lowest BCUT2D eigenvalue weighted by Gasteiger charge is -2.40. The van der Waals surface area contributed by atoms with Crippen LogP contribution < -0.4 is 10.5 Å². The molecule has 0 aromatic carbocycles. The van der Waals surface area contributed by atoms with Gasteiger partial charge < -0.3 is 4.90 Å². The van der Waals surface area contributed by atoms with E-state index in [1.807, 2.05) is 19.2 Å². The summed E-state index contributed by atoms with van der Waals surface area (Å²) in [6.45, 7) is 25.8. The van der Waals surface area contributed by atoms with Crippen LogP contribution in [-0.2, 0) is 0 Å². The zero-order chi connectivity index (χ0) is 28.0. The lowest BCUT2D eigenvalue weighted by molar-refractivity contribution is 0.199. The second-order valence-corrected chi connectivity index (χ2v) is 11.0. The summed E-state index contributed by atoms with van der Waals surface area (Å²) in [7, 11) is 0. The first-order valence-electron chi connectivity index (χ1n) is 14.4. The van der Waals surface area contributed by atoms with Crippen LogP contribution >= 0.6 is 0 Å². The summed E-state index contributed by atoms with van der Waals surface area (Å²) < 4.78 is 1.69. The second kappa shape index (κ2) is 13.2. The van der Waals surface area contributed by atoms with E-state index in [0.29, 0.717) is 23.3 Å². The van der Waals surface area contributed by atoms with Gasteiger partial charge in [0.1, 0.15) is 5.65 Å². The highest BCUT2D eigenvalue weighted by atomic mass is 16.1. The Kier molecular flexibility index (Phi) is 10.3. The number of hydrogen-bond acceptors (Lipinski definition) is 4. The molecule has 0 bridgehead atoms. The molecule has 2 aromatic heterocycles. The van der Waals surface area contributed by atoms with Gasteiger partial charge in [-0.05, 0) is 81.3 Å². The maximum absolute atomic E-state index is 13.4. The number of allylic oxidation sites excluding steroid dienone is 7. The molecule has 1 aliphatic rings. The van der Waals surface area contributed by atoms with E-state index in [4.69, 9.17) is 4.98 Å². The molecule has 0 saturated carbocycles. The van der Waals surface area contributed by atoms with Gasteiger partial charge in [0.05, 0.1) is 11.4 Å². The van der Waals surface area contributed by atoms with E-state index in [-0.39, 0.29) is 11.5 Å².